The zero-order valence-corrected chi connectivity index (χ0v) is 15.8. The molecule has 0 aliphatic heterocycles. The van der Waals surface area contributed by atoms with Gasteiger partial charge < -0.3 is 10.1 Å². The molecule has 4 rings (SSSR count). The van der Waals surface area contributed by atoms with Gasteiger partial charge in [-0.3, -0.25) is 0 Å². The molecule has 1 fully saturated rings. The highest BCUT2D eigenvalue weighted by atomic mass is 32.1. The van der Waals surface area contributed by atoms with Crippen LogP contribution in [0.3, 0.4) is 0 Å². The molecule has 7 heteroatoms. The highest BCUT2D eigenvalue weighted by molar-refractivity contribution is 7.20. The van der Waals surface area contributed by atoms with E-state index in [1.54, 1.807) is 12.1 Å². The number of halogens is 1. The number of nitrogens with one attached hydrogen (secondary N) is 1. The molecule has 1 N–H and O–H groups in total. The number of benzene rings is 1. The van der Waals surface area contributed by atoms with Gasteiger partial charge in [0.05, 0.1) is 5.39 Å². The summed E-state index contributed by atoms with van der Waals surface area (Å²) in [5.74, 6) is 0.0139. The number of ether oxygens (including phenoxy) is 1. The van der Waals surface area contributed by atoms with Gasteiger partial charge in [0.2, 0.25) is 0 Å². The molecule has 0 saturated heterocycles. The van der Waals surface area contributed by atoms with Crippen molar-refractivity contribution in [1.29, 1.82) is 0 Å². The monoisotopic (exact) mass is 385 g/mol. The van der Waals surface area contributed by atoms with Gasteiger partial charge >= 0.3 is 5.97 Å². The van der Waals surface area contributed by atoms with Crippen molar-refractivity contribution >= 4 is 39.0 Å². The number of hydrogen-bond donors (Lipinski definition) is 1. The van der Waals surface area contributed by atoms with Gasteiger partial charge in [-0.2, -0.15) is 0 Å². The summed E-state index contributed by atoms with van der Waals surface area (Å²) in [5.41, 5.74) is 1.52. The smallest absolute Gasteiger partial charge is 0.348 e. The molecular weight excluding hydrogens is 365 g/mol. The lowest BCUT2D eigenvalue weighted by molar-refractivity contribution is 0.0216. The number of carbonyl (C=O) groups excluding carboxylic acids is 1. The van der Waals surface area contributed by atoms with E-state index < -0.39 is 0 Å². The first-order valence-electron chi connectivity index (χ1n) is 9.09. The second-order valence-corrected chi connectivity index (χ2v) is 7.75. The van der Waals surface area contributed by atoms with E-state index in [-0.39, 0.29) is 17.9 Å². The van der Waals surface area contributed by atoms with Crippen molar-refractivity contribution in [2.75, 3.05) is 5.32 Å². The molecule has 140 valence electrons. The van der Waals surface area contributed by atoms with Crippen LogP contribution in [0.25, 0.3) is 10.2 Å². The standard InChI is InChI=1S/C20H20FN3O2S/c1-12-16-18(24-14-9-7-13(21)8-10-14)22-11-23-19(16)27-17(12)20(25)26-15-5-3-2-4-6-15/h7-11,15H,2-6H2,1H3,(H,22,23,24). The Balaban J connectivity index is 1.63. The van der Waals surface area contributed by atoms with Gasteiger partial charge in [-0.25, -0.2) is 19.2 Å². The molecule has 2 aromatic heterocycles. The first kappa shape index (κ1) is 17.9. The van der Waals surface area contributed by atoms with Gasteiger partial charge in [-0.15, -0.1) is 11.3 Å². The van der Waals surface area contributed by atoms with Crippen LogP contribution in [0.4, 0.5) is 15.9 Å². The SMILES string of the molecule is Cc1c(C(=O)OC2CCCCC2)sc2ncnc(Nc3ccc(F)cc3)c12. The summed E-state index contributed by atoms with van der Waals surface area (Å²) in [6.07, 6.45) is 6.78. The summed E-state index contributed by atoms with van der Waals surface area (Å²) in [6, 6.07) is 6.05. The Hall–Kier alpha value is -2.54. The molecule has 3 aromatic rings. The fourth-order valence-corrected chi connectivity index (χ4v) is 4.45. The maximum Gasteiger partial charge on any atom is 0.348 e. The fraction of sp³-hybridized carbons (Fsp3) is 0.350. The predicted molar refractivity (Wildman–Crippen MR) is 104 cm³/mol. The third-order valence-corrected chi connectivity index (χ3v) is 6.02. The second-order valence-electron chi connectivity index (χ2n) is 6.76. The van der Waals surface area contributed by atoms with Crippen molar-refractivity contribution in [1.82, 2.24) is 9.97 Å². The summed E-state index contributed by atoms with van der Waals surface area (Å²) in [5, 5.41) is 3.98. The summed E-state index contributed by atoms with van der Waals surface area (Å²) >= 11 is 1.32. The molecule has 0 atom stereocenters. The predicted octanol–water partition coefficient (Wildman–Crippen LogP) is 5.37. The van der Waals surface area contributed by atoms with Crippen LogP contribution in [0, 0.1) is 12.7 Å². The lowest BCUT2D eigenvalue weighted by Crippen LogP contribution is -2.20. The number of carbonyl (C=O) groups is 1. The number of rotatable bonds is 4. The van der Waals surface area contributed by atoms with Gasteiger partial charge in [0.15, 0.2) is 0 Å². The first-order chi connectivity index (χ1) is 13.1. The number of hydrogen-bond acceptors (Lipinski definition) is 6. The number of esters is 1. The molecule has 5 nitrogen and oxygen atoms in total. The molecule has 2 heterocycles. The van der Waals surface area contributed by atoms with E-state index in [0.717, 1.165) is 41.5 Å². The van der Waals surface area contributed by atoms with E-state index in [4.69, 9.17) is 4.74 Å². The molecule has 1 saturated carbocycles. The Morgan fingerprint density at radius 1 is 1.19 bits per heavy atom. The fourth-order valence-electron chi connectivity index (χ4n) is 3.42. The Morgan fingerprint density at radius 2 is 1.93 bits per heavy atom. The van der Waals surface area contributed by atoms with Crippen LogP contribution in [0.2, 0.25) is 0 Å². The van der Waals surface area contributed by atoms with Crippen LogP contribution in [0.1, 0.15) is 47.3 Å². The van der Waals surface area contributed by atoms with Crippen LogP contribution in [-0.2, 0) is 4.74 Å². The van der Waals surface area contributed by atoms with E-state index in [9.17, 15) is 9.18 Å². The molecule has 0 spiro atoms. The highest BCUT2D eigenvalue weighted by Crippen LogP contribution is 2.35. The van der Waals surface area contributed by atoms with Crippen LogP contribution in [-0.4, -0.2) is 22.0 Å². The Kier molecular flexibility index (Phi) is 5.03. The minimum absolute atomic E-state index is 0.0127. The Bertz CT molecular complexity index is 965. The zero-order chi connectivity index (χ0) is 18.8. The Labute approximate surface area is 160 Å². The molecule has 0 radical (unpaired) electrons. The first-order valence-corrected chi connectivity index (χ1v) is 9.91. The topological polar surface area (TPSA) is 64.1 Å². The summed E-state index contributed by atoms with van der Waals surface area (Å²) in [4.78, 5) is 22.6. The zero-order valence-electron chi connectivity index (χ0n) is 15.0. The van der Waals surface area contributed by atoms with E-state index in [0.29, 0.717) is 16.4 Å². The molecule has 0 unspecified atom stereocenters. The van der Waals surface area contributed by atoms with E-state index in [1.807, 2.05) is 6.92 Å². The number of aryl methyl sites for hydroxylation is 1. The van der Waals surface area contributed by atoms with E-state index in [2.05, 4.69) is 15.3 Å². The molecule has 1 aliphatic rings. The van der Waals surface area contributed by atoms with Crippen molar-refractivity contribution in [3.05, 3.63) is 46.9 Å². The summed E-state index contributed by atoms with van der Waals surface area (Å²) in [6.45, 7) is 1.88. The number of fused-ring (bicyclic) bond motifs is 1. The lowest BCUT2D eigenvalue weighted by atomic mass is 9.98. The van der Waals surface area contributed by atoms with Crippen LogP contribution in [0.15, 0.2) is 30.6 Å². The third kappa shape index (κ3) is 3.78. The summed E-state index contributed by atoms with van der Waals surface area (Å²) < 4.78 is 18.8. The maximum absolute atomic E-state index is 13.1. The number of aromatic nitrogens is 2. The quantitative estimate of drug-likeness (QED) is 0.612. The Morgan fingerprint density at radius 3 is 2.67 bits per heavy atom. The molecule has 1 aliphatic carbocycles. The third-order valence-electron chi connectivity index (χ3n) is 4.85. The van der Waals surface area contributed by atoms with Gasteiger partial charge in [0, 0.05) is 5.69 Å². The molecule has 27 heavy (non-hydrogen) atoms. The number of nitrogens with zero attached hydrogens (tertiary/aromatic N) is 2. The average molecular weight is 385 g/mol. The van der Waals surface area contributed by atoms with Crippen molar-refractivity contribution in [3.63, 3.8) is 0 Å². The molecule has 0 bridgehead atoms. The van der Waals surface area contributed by atoms with Crippen molar-refractivity contribution in [3.8, 4) is 0 Å². The highest BCUT2D eigenvalue weighted by Gasteiger charge is 2.24. The van der Waals surface area contributed by atoms with Gasteiger partial charge in [0.25, 0.3) is 0 Å². The van der Waals surface area contributed by atoms with E-state index >= 15 is 0 Å². The average Bonchev–Trinajstić information content (AvgIpc) is 3.02. The van der Waals surface area contributed by atoms with Crippen LogP contribution >= 0.6 is 11.3 Å². The lowest BCUT2D eigenvalue weighted by Gasteiger charge is -2.21. The maximum atomic E-state index is 13.1. The van der Waals surface area contributed by atoms with E-state index in [1.165, 1.54) is 36.2 Å². The molecular formula is C20H20FN3O2S. The second kappa shape index (κ2) is 7.60. The van der Waals surface area contributed by atoms with Crippen molar-refractivity contribution in [2.24, 2.45) is 0 Å². The van der Waals surface area contributed by atoms with Crippen LogP contribution in [0.5, 0.6) is 0 Å². The summed E-state index contributed by atoms with van der Waals surface area (Å²) in [7, 11) is 0. The van der Waals surface area contributed by atoms with Crippen molar-refractivity contribution < 1.29 is 13.9 Å². The normalized spacial score (nSPS) is 15.0. The molecule has 1 aromatic carbocycles. The molecule has 0 amide bonds. The largest absolute Gasteiger partial charge is 0.458 e. The number of thiophene rings is 1. The minimum Gasteiger partial charge on any atom is -0.458 e. The number of anilines is 2. The minimum atomic E-state index is -0.298. The van der Waals surface area contributed by atoms with Gasteiger partial charge in [0.1, 0.15) is 33.8 Å². The van der Waals surface area contributed by atoms with Gasteiger partial charge in [-0.05, 0) is 62.4 Å². The van der Waals surface area contributed by atoms with Crippen molar-refractivity contribution in [2.45, 2.75) is 45.1 Å². The van der Waals surface area contributed by atoms with Crippen LogP contribution < -0.4 is 5.32 Å². The van der Waals surface area contributed by atoms with Gasteiger partial charge in [-0.1, -0.05) is 6.42 Å².